The Balaban J connectivity index is 2.20. The third-order valence-corrected chi connectivity index (χ3v) is 4.04. The number of hydrogen-bond acceptors (Lipinski definition) is 4. The van der Waals surface area contributed by atoms with Crippen LogP contribution in [-0.2, 0) is 14.3 Å². The summed E-state index contributed by atoms with van der Waals surface area (Å²) in [6.45, 7) is 1.11. The quantitative estimate of drug-likeness (QED) is 0.561. The molecule has 0 aromatic rings. The number of aldehydes is 1. The fourth-order valence-electron chi connectivity index (χ4n) is 1.92. The van der Waals surface area contributed by atoms with Crippen molar-refractivity contribution in [3.8, 4) is 0 Å². The maximum Gasteiger partial charge on any atom is 0.287 e. The number of allylic oxidation sites excluding steroid dienone is 3. The van der Waals surface area contributed by atoms with Gasteiger partial charge >= 0.3 is 0 Å². The number of hydrogen-bond donors (Lipinski definition) is 0. The van der Waals surface area contributed by atoms with Gasteiger partial charge in [-0.1, -0.05) is 6.08 Å². The molecule has 1 fully saturated rings. The zero-order chi connectivity index (χ0) is 13.0. The summed E-state index contributed by atoms with van der Waals surface area (Å²) in [5, 5.41) is 0. The van der Waals surface area contributed by atoms with E-state index in [2.05, 4.69) is 6.08 Å². The van der Waals surface area contributed by atoms with Gasteiger partial charge in [0.2, 0.25) is 6.29 Å². The van der Waals surface area contributed by atoms with Crippen molar-refractivity contribution in [3.63, 3.8) is 0 Å². The number of nitrogens with zero attached hydrogens (tertiary/aromatic N) is 1. The predicted molar refractivity (Wildman–Crippen MR) is 71.0 cm³/mol. The molecular weight excluding hydrogens is 250 g/mol. The molecule has 2 rings (SSSR count). The fourth-order valence-corrected chi connectivity index (χ4v) is 2.95. The van der Waals surface area contributed by atoms with Gasteiger partial charge in [-0.15, -0.1) is 11.8 Å². The summed E-state index contributed by atoms with van der Waals surface area (Å²) in [4.78, 5) is 24.8. The van der Waals surface area contributed by atoms with Crippen LogP contribution in [0.15, 0.2) is 34.5 Å². The molecule has 0 radical (unpaired) electrons. The molecule has 1 aliphatic heterocycles. The number of methoxy groups -OCH3 is 1. The number of ether oxygens (including phenoxy) is 1. The van der Waals surface area contributed by atoms with E-state index < -0.39 is 5.91 Å². The molecule has 0 atom stereocenters. The second-order valence-electron chi connectivity index (χ2n) is 4.03. The topological polar surface area (TPSA) is 46.6 Å². The lowest BCUT2D eigenvalue weighted by Gasteiger charge is -2.17. The van der Waals surface area contributed by atoms with Crippen LogP contribution in [-0.4, -0.2) is 43.0 Å². The lowest BCUT2D eigenvalue weighted by atomic mass is 10.2. The highest BCUT2D eigenvalue weighted by Gasteiger charge is 2.21. The molecule has 0 aromatic carbocycles. The highest BCUT2D eigenvalue weighted by Crippen LogP contribution is 2.31. The average molecular weight is 265 g/mol. The standard InChI is InChI=1S/C13H15NO3S/c1-17-11-3-2-10-8-14(13(16)9-15)6-7-18-12(10)5-4-11/h2,4-5,9H,3,6-8H2,1H3. The van der Waals surface area contributed by atoms with Crippen molar-refractivity contribution in [2.24, 2.45) is 0 Å². The molecule has 1 aliphatic carbocycles. The number of rotatable bonds is 2. The van der Waals surface area contributed by atoms with Crippen molar-refractivity contribution in [2.45, 2.75) is 6.42 Å². The van der Waals surface area contributed by atoms with Gasteiger partial charge in [0.25, 0.3) is 5.91 Å². The highest BCUT2D eigenvalue weighted by atomic mass is 32.2. The van der Waals surface area contributed by atoms with Crippen molar-refractivity contribution in [3.05, 3.63) is 34.5 Å². The number of fused-ring (bicyclic) bond motifs is 1. The first-order valence-corrected chi connectivity index (χ1v) is 6.74. The Morgan fingerprint density at radius 1 is 1.50 bits per heavy atom. The predicted octanol–water partition coefficient (Wildman–Crippen LogP) is 1.50. The van der Waals surface area contributed by atoms with E-state index in [1.165, 1.54) is 0 Å². The molecule has 0 bridgehead atoms. The second-order valence-corrected chi connectivity index (χ2v) is 5.16. The van der Waals surface area contributed by atoms with E-state index in [4.69, 9.17) is 4.74 Å². The molecule has 1 amide bonds. The van der Waals surface area contributed by atoms with E-state index >= 15 is 0 Å². The number of carbonyl (C=O) groups excluding carboxylic acids is 2. The van der Waals surface area contributed by atoms with E-state index in [1.807, 2.05) is 12.2 Å². The van der Waals surface area contributed by atoms with Crippen LogP contribution in [0, 0.1) is 0 Å². The summed E-state index contributed by atoms with van der Waals surface area (Å²) in [5.74, 6) is 1.26. The number of thioether (sulfide) groups is 1. The second kappa shape index (κ2) is 5.91. The van der Waals surface area contributed by atoms with E-state index in [-0.39, 0.29) is 0 Å². The molecule has 0 unspecified atom stereocenters. The van der Waals surface area contributed by atoms with E-state index in [9.17, 15) is 9.59 Å². The van der Waals surface area contributed by atoms with Gasteiger partial charge in [0.05, 0.1) is 12.9 Å². The van der Waals surface area contributed by atoms with Crippen LogP contribution < -0.4 is 0 Å². The molecule has 1 saturated heterocycles. The third-order valence-electron chi connectivity index (χ3n) is 2.94. The highest BCUT2D eigenvalue weighted by molar-refractivity contribution is 8.03. The Bertz CT molecular complexity index is 451. The van der Waals surface area contributed by atoms with Gasteiger partial charge in [0.1, 0.15) is 0 Å². The van der Waals surface area contributed by atoms with Crippen LogP contribution in [0.1, 0.15) is 6.42 Å². The van der Waals surface area contributed by atoms with Gasteiger partial charge in [0.15, 0.2) is 0 Å². The van der Waals surface area contributed by atoms with Gasteiger partial charge in [-0.3, -0.25) is 9.59 Å². The Hall–Kier alpha value is -1.49. The smallest absolute Gasteiger partial charge is 0.287 e. The van der Waals surface area contributed by atoms with Crippen LogP contribution >= 0.6 is 11.8 Å². The first kappa shape index (κ1) is 13.0. The van der Waals surface area contributed by atoms with Crippen molar-refractivity contribution >= 4 is 24.0 Å². The lowest BCUT2D eigenvalue weighted by molar-refractivity contribution is -0.138. The van der Waals surface area contributed by atoms with Crippen LogP contribution in [0.3, 0.4) is 0 Å². The maximum atomic E-state index is 11.5. The van der Waals surface area contributed by atoms with E-state index in [0.717, 1.165) is 28.4 Å². The van der Waals surface area contributed by atoms with Gasteiger partial charge in [-0.25, -0.2) is 0 Å². The van der Waals surface area contributed by atoms with Crippen molar-refractivity contribution < 1.29 is 14.3 Å². The number of carbonyl (C=O) groups is 2. The first-order valence-electron chi connectivity index (χ1n) is 5.75. The summed E-state index contributed by atoms with van der Waals surface area (Å²) in [5.41, 5.74) is 1.09. The molecule has 18 heavy (non-hydrogen) atoms. The summed E-state index contributed by atoms with van der Waals surface area (Å²) >= 11 is 1.71. The van der Waals surface area contributed by atoms with Crippen molar-refractivity contribution in [2.75, 3.05) is 26.0 Å². The fraction of sp³-hybridized carbons (Fsp3) is 0.385. The van der Waals surface area contributed by atoms with Crippen LogP contribution in [0.4, 0.5) is 0 Å². The zero-order valence-corrected chi connectivity index (χ0v) is 11.0. The monoisotopic (exact) mass is 265 g/mol. The molecule has 5 heteroatoms. The summed E-state index contributed by atoms with van der Waals surface area (Å²) in [6.07, 6.45) is 7.16. The van der Waals surface area contributed by atoms with Gasteiger partial charge in [0, 0.05) is 30.2 Å². The minimum atomic E-state index is -0.443. The zero-order valence-electron chi connectivity index (χ0n) is 10.2. The van der Waals surface area contributed by atoms with E-state index in [1.54, 1.807) is 23.8 Å². The summed E-state index contributed by atoms with van der Waals surface area (Å²) in [6, 6.07) is 0. The summed E-state index contributed by atoms with van der Waals surface area (Å²) in [7, 11) is 1.65. The van der Waals surface area contributed by atoms with E-state index in [0.29, 0.717) is 19.4 Å². The van der Waals surface area contributed by atoms with Crippen LogP contribution in [0.2, 0.25) is 0 Å². The molecular formula is C13H15NO3S. The molecule has 0 N–H and O–H groups in total. The van der Waals surface area contributed by atoms with Crippen molar-refractivity contribution in [1.82, 2.24) is 4.90 Å². The third kappa shape index (κ3) is 2.85. The summed E-state index contributed by atoms with van der Waals surface area (Å²) < 4.78 is 5.23. The minimum absolute atomic E-state index is 0.384. The Kier molecular flexibility index (Phi) is 4.25. The van der Waals surface area contributed by atoms with Crippen LogP contribution in [0.5, 0.6) is 0 Å². The molecule has 96 valence electrons. The Labute approximate surface area is 110 Å². The molecule has 0 aromatic heterocycles. The van der Waals surface area contributed by atoms with Crippen LogP contribution in [0.25, 0.3) is 0 Å². The average Bonchev–Trinajstić information content (AvgIpc) is 2.70. The minimum Gasteiger partial charge on any atom is -0.501 e. The largest absolute Gasteiger partial charge is 0.501 e. The maximum absolute atomic E-state index is 11.5. The normalized spacial score (nSPS) is 19.6. The molecule has 4 nitrogen and oxygen atoms in total. The molecule has 2 aliphatic rings. The first-order chi connectivity index (χ1) is 8.74. The molecule has 0 spiro atoms. The van der Waals surface area contributed by atoms with Crippen molar-refractivity contribution in [1.29, 1.82) is 0 Å². The Morgan fingerprint density at radius 3 is 3.06 bits per heavy atom. The molecule has 0 saturated carbocycles. The lowest BCUT2D eigenvalue weighted by Crippen LogP contribution is -2.34. The molecule has 1 heterocycles. The number of amides is 1. The van der Waals surface area contributed by atoms with Gasteiger partial charge in [-0.05, 0) is 17.7 Å². The van der Waals surface area contributed by atoms with Gasteiger partial charge < -0.3 is 9.64 Å². The SMILES string of the molecule is COC1=CC=C2SCCN(C(=O)C=O)CC2=CC1. The van der Waals surface area contributed by atoms with Gasteiger partial charge in [-0.2, -0.15) is 0 Å². The Morgan fingerprint density at radius 2 is 2.33 bits per heavy atom.